The Morgan fingerprint density at radius 3 is 2.54 bits per heavy atom. The Balaban J connectivity index is 1.91. The molecule has 0 aromatic heterocycles. The highest BCUT2D eigenvalue weighted by Crippen LogP contribution is 2.40. The summed E-state index contributed by atoms with van der Waals surface area (Å²) in [6, 6.07) is 7.71. The lowest BCUT2D eigenvalue weighted by atomic mass is 9.78. The third-order valence-corrected chi connectivity index (χ3v) is 5.19. The average Bonchev–Trinajstić information content (AvgIpc) is 2.88. The normalized spacial score (nSPS) is 26.2. The van der Waals surface area contributed by atoms with Crippen molar-refractivity contribution in [3.63, 3.8) is 0 Å². The fraction of sp³-hybridized carbons (Fsp3) is 0.450. The highest BCUT2D eigenvalue weighted by atomic mass is 16.3. The van der Waals surface area contributed by atoms with Gasteiger partial charge >= 0.3 is 0 Å². The molecule has 0 fully saturated rings. The van der Waals surface area contributed by atoms with E-state index in [-0.39, 0.29) is 17.6 Å². The van der Waals surface area contributed by atoms with E-state index in [9.17, 15) is 9.90 Å². The van der Waals surface area contributed by atoms with Crippen LogP contribution in [0, 0.1) is 11.8 Å². The highest BCUT2D eigenvalue weighted by Gasteiger charge is 2.41. The molecule has 4 nitrogen and oxygen atoms in total. The number of hydrogen-bond donors (Lipinski definition) is 3. The standard InChI is InChI=1S/C20H26N2O2/c1-4-6-17-16(11-13-7-9-14(23)10-8-13)18-12(3)15(5-2)20(24)22-19(18)21-17/h7-10,15-17,21,23H,3-6,11H2,1-2H3,(H,22,24). The summed E-state index contributed by atoms with van der Waals surface area (Å²) in [5, 5.41) is 16.1. The molecule has 0 radical (unpaired) electrons. The molecular formula is C20H26N2O2. The van der Waals surface area contributed by atoms with Gasteiger partial charge in [0.1, 0.15) is 11.6 Å². The SMILES string of the molecule is C=C1C2=C(NC(=O)C1CC)NC(CCC)C2Cc1ccc(O)cc1. The topological polar surface area (TPSA) is 61.4 Å². The van der Waals surface area contributed by atoms with Crippen LogP contribution in [-0.2, 0) is 11.2 Å². The van der Waals surface area contributed by atoms with E-state index in [0.717, 1.165) is 37.1 Å². The van der Waals surface area contributed by atoms with Gasteiger partial charge in [0.15, 0.2) is 0 Å². The second kappa shape index (κ2) is 6.71. The first-order valence-corrected chi connectivity index (χ1v) is 8.83. The maximum Gasteiger partial charge on any atom is 0.232 e. The molecule has 3 rings (SSSR count). The molecule has 0 saturated carbocycles. The number of nitrogens with one attached hydrogen (secondary N) is 2. The molecule has 1 aromatic rings. The van der Waals surface area contributed by atoms with Crippen LogP contribution in [0.5, 0.6) is 5.75 Å². The molecular weight excluding hydrogens is 300 g/mol. The Kier molecular flexibility index (Phi) is 4.65. The molecule has 0 aliphatic carbocycles. The molecule has 1 aromatic carbocycles. The first-order chi connectivity index (χ1) is 11.5. The van der Waals surface area contributed by atoms with Crippen molar-refractivity contribution in [2.24, 2.45) is 11.8 Å². The number of benzene rings is 1. The van der Waals surface area contributed by atoms with Gasteiger partial charge in [-0.1, -0.05) is 39.0 Å². The average molecular weight is 326 g/mol. The molecule has 3 unspecified atom stereocenters. The second-order valence-electron chi connectivity index (χ2n) is 6.78. The van der Waals surface area contributed by atoms with Gasteiger partial charge in [-0.2, -0.15) is 0 Å². The van der Waals surface area contributed by atoms with Crippen molar-refractivity contribution in [1.29, 1.82) is 0 Å². The molecule has 3 N–H and O–H groups in total. The molecule has 128 valence electrons. The van der Waals surface area contributed by atoms with Crippen LogP contribution >= 0.6 is 0 Å². The number of amides is 1. The number of hydrogen-bond acceptors (Lipinski definition) is 3. The van der Waals surface area contributed by atoms with Crippen molar-refractivity contribution in [3.8, 4) is 5.75 Å². The summed E-state index contributed by atoms with van der Waals surface area (Å²) in [5.74, 6) is 1.36. The summed E-state index contributed by atoms with van der Waals surface area (Å²) >= 11 is 0. The minimum atomic E-state index is -0.131. The van der Waals surface area contributed by atoms with Crippen LogP contribution in [0.25, 0.3) is 0 Å². The minimum absolute atomic E-state index is 0.0503. The lowest BCUT2D eigenvalue weighted by Gasteiger charge is -2.28. The number of carbonyl (C=O) groups excluding carboxylic acids is 1. The summed E-state index contributed by atoms with van der Waals surface area (Å²) in [7, 11) is 0. The Morgan fingerprint density at radius 2 is 1.92 bits per heavy atom. The van der Waals surface area contributed by atoms with E-state index in [2.05, 4.69) is 24.1 Å². The third kappa shape index (κ3) is 2.93. The Hall–Kier alpha value is -2.23. The van der Waals surface area contributed by atoms with E-state index >= 15 is 0 Å². The maximum absolute atomic E-state index is 12.3. The lowest BCUT2D eigenvalue weighted by Crippen LogP contribution is -2.39. The van der Waals surface area contributed by atoms with Gasteiger partial charge in [-0.05, 0) is 42.5 Å². The van der Waals surface area contributed by atoms with Gasteiger partial charge in [-0.3, -0.25) is 4.79 Å². The molecule has 2 aliphatic rings. The van der Waals surface area contributed by atoms with Gasteiger partial charge in [0.25, 0.3) is 0 Å². The van der Waals surface area contributed by atoms with Crippen molar-refractivity contribution in [2.75, 3.05) is 0 Å². The molecule has 3 atom stereocenters. The van der Waals surface area contributed by atoms with Gasteiger partial charge in [0.05, 0.1) is 5.92 Å². The predicted molar refractivity (Wildman–Crippen MR) is 95.2 cm³/mol. The van der Waals surface area contributed by atoms with Gasteiger partial charge in [0.2, 0.25) is 5.91 Å². The van der Waals surface area contributed by atoms with E-state index in [1.807, 2.05) is 19.1 Å². The van der Waals surface area contributed by atoms with Crippen LogP contribution in [0.4, 0.5) is 0 Å². The van der Waals surface area contributed by atoms with Crippen molar-refractivity contribution < 1.29 is 9.90 Å². The van der Waals surface area contributed by atoms with Crippen molar-refractivity contribution in [1.82, 2.24) is 10.6 Å². The first-order valence-electron chi connectivity index (χ1n) is 8.83. The zero-order chi connectivity index (χ0) is 17.3. The number of carbonyl (C=O) groups is 1. The van der Waals surface area contributed by atoms with Crippen LogP contribution in [0.15, 0.2) is 47.8 Å². The highest BCUT2D eigenvalue weighted by molar-refractivity contribution is 5.87. The minimum Gasteiger partial charge on any atom is -0.508 e. The summed E-state index contributed by atoms with van der Waals surface area (Å²) in [6.45, 7) is 8.47. The summed E-state index contributed by atoms with van der Waals surface area (Å²) in [6.07, 6.45) is 3.78. The van der Waals surface area contributed by atoms with E-state index in [1.165, 1.54) is 11.1 Å². The monoisotopic (exact) mass is 326 g/mol. The maximum atomic E-state index is 12.3. The van der Waals surface area contributed by atoms with Crippen molar-refractivity contribution >= 4 is 5.91 Å². The van der Waals surface area contributed by atoms with Crippen molar-refractivity contribution in [3.05, 3.63) is 53.4 Å². The van der Waals surface area contributed by atoms with Crippen LogP contribution in [-0.4, -0.2) is 17.1 Å². The van der Waals surface area contributed by atoms with Crippen LogP contribution in [0.1, 0.15) is 38.7 Å². The summed E-state index contributed by atoms with van der Waals surface area (Å²) < 4.78 is 0. The fourth-order valence-electron chi connectivity index (χ4n) is 3.96. The first kappa shape index (κ1) is 16.6. The number of phenolic OH excluding ortho intramolecular Hbond substituents is 1. The number of phenols is 1. The Bertz CT molecular complexity index is 675. The predicted octanol–water partition coefficient (Wildman–Crippen LogP) is 3.25. The second-order valence-corrected chi connectivity index (χ2v) is 6.78. The van der Waals surface area contributed by atoms with Gasteiger partial charge in [-0.25, -0.2) is 0 Å². The van der Waals surface area contributed by atoms with Crippen LogP contribution < -0.4 is 10.6 Å². The third-order valence-electron chi connectivity index (χ3n) is 5.19. The molecule has 24 heavy (non-hydrogen) atoms. The smallest absolute Gasteiger partial charge is 0.232 e. The van der Waals surface area contributed by atoms with E-state index < -0.39 is 0 Å². The molecule has 4 heteroatoms. The number of aromatic hydroxyl groups is 1. The molecule has 1 amide bonds. The quantitative estimate of drug-likeness (QED) is 0.778. The van der Waals surface area contributed by atoms with Crippen LogP contribution in [0.3, 0.4) is 0 Å². The summed E-state index contributed by atoms with van der Waals surface area (Å²) in [5.41, 5.74) is 3.34. The molecule has 2 heterocycles. The summed E-state index contributed by atoms with van der Waals surface area (Å²) in [4.78, 5) is 12.3. The molecule has 0 bridgehead atoms. The van der Waals surface area contributed by atoms with Crippen LogP contribution in [0.2, 0.25) is 0 Å². The molecule has 0 saturated heterocycles. The van der Waals surface area contributed by atoms with Crippen molar-refractivity contribution in [2.45, 2.75) is 45.6 Å². The fourth-order valence-corrected chi connectivity index (χ4v) is 3.96. The molecule has 2 aliphatic heterocycles. The van der Waals surface area contributed by atoms with E-state index in [4.69, 9.17) is 0 Å². The Labute approximate surface area is 143 Å². The lowest BCUT2D eigenvalue weighted by molar-refractivity contribution is -0.123. The largest absolute Gasteiger partial charge is 0.508 e. The molecule has 0 spiro atoms. The van der Waals surface area contributed by atoms with Gasteiger partial charge < -0.3 is 15.7 Å². The zero-order valence-electron chi connectivity index (χ0n) is 14.4. The van der Waals surface area contributed by atoms with E-state index in [1.54, 1.807) is 12.1 Å². The van der Waals surface area contributed by atoms with Gasteiger partial charge in [0, 0.05) is 17.5 Å². The Morgan fingerprint density at radius 1 is 1.21 bits per heavy atom. The van der Waals surface area contributed by atoms with Gasteiger partial charge in [-0.15, -0.1) is 0 Å². The number of rotatable bonds is 5. The van der Waals surface area contributed by atoms with E-state index in [0.29, 0.717) is 12.0 Å². The zero-order valence-corrected chi connectivity index (χ0v) is 14.4.